The largest absolute Gasteiger partial charge is 0.489 e. The van der Waals surface area contributed by atoms with Crippen molar-refractivity contribution in [1.82, 2.24) is 10.2 Å². The Morgan fingerprint density at radius 2 is 2.10 bits per heavy atom. The quantitative estimate of drug-likeness (QED) is 0.584. The number of nitrogens with zero attached hydrogens (tertiary/aromatic N) is 1. The minimum atomic E-state index is -0.515. The minimum absolute atomic E-state index is 0.0140. The molecule has 0 bridgehead atoms. The number of nitrogen functional groups attached to an aromatic ring is 1. The number of fused-ring (bicyclic) bond motifs is 1. The van der Waals surface area contributed by atoms with Crippen molar-refractivity contribution in [3.05, 3.63) is 17.7 Å². The van der Waals surface area contributed by atoms with Crippen LogP contribution in [0.2, 0.25) is 0 Å². The van der Waals surface area contributed by atoms with E-state index >= 15 is 0 Å². The summed E-state index contributed by atoms with van der Waals surface area (Å²) in [6, 6.07) is 3.26. The number of nitrogens with two attached hydrogens (primary N) is 1. The van der Waals surface area contributed by atoms with Crippen molar-refractivity contribution < 1.29 is 24.2 Å². The molecule has 0 aliphatic carbocycles. The Hall–Kier alpha value is -2.32. The fraction of sp³-hybridized carbons (Fsp3) is 0.619. The molecule has 3 rings (SSSR count). The number of ketones is 1. The van der Waals surface area contributed by atoms with Crippen molar-refractivity contribution in [2.24, 2.45) is 5.92 Å². The Bertz CT molecular complexity index is 739. The number of aliphatic hydroxyl groups is 1. The summed E-state index contributed by atoms with van der Waals surface area (Å²) in [7, 11) is 0. The van der Waals surface area contributed by atoms with Crippen LogP contribution in [0.5, 0.6) is 11.5 Å². The lowest BCUT2D eigenvalue weighted by Gasteiger charge is -2.36. The number of ether oxygens (including phenoxy) is 2. The molecule has 2 aliphatic rings. The van der Waals surface area contributed by atoms with Crippen molar-refractivity contribution >= 4 is 17.4 Å². The lowest BCUT2D eigenvalue weighted by atomic mass is 9.93. The number of likely N-dealkylation sites (tertiary alicyclic amines) is 1. The van der Waals surface area contributed by atoms with Gasteiger partial charge in [0.1, 0.15) is 5.78 Å². The summed E-state index contributed by atoms with van der Waals surface area (Å²) in [5.74, 6) is 0.813. The molecule has 1 aromatic rings. The number of carbonyl (C=O) groups is 2. The van der Waals surface area contributed by atoms with Gasteiger partial charge in [-0.05, 0) is 38.9 Å². The molecule has 1 amide bonds. The van der Waals surface area contributed by atoms with E-state index in [1.54, 1.807) is 19.1 Å². The molecule has 0 aromatic heterocycles. The molecule has 1 fully saturated rings. The number of nitrogens with one attached hydrogen (secondary N) is 1. The number of amides is 1. The Labute approximate surface area is 171 Å². The molecule has 1 saturated heterocycles. The highest BCUT2D eigenvalue weighted by Crippen LogP contribution is 2.35. The lowest BCUT2D eigenvalue weighted by molar-refractivity contribution is -0.117. The van der Waals surface area contributed by atoms with E-state index in [2.05, 4.69) is 10.2 Å². The smallest absolute Gasteiger partial charge is 0.255 e. The number of hydrogen-bond donors (Lipinski definition) is 3. The van der Waals surface area contributed by atoms with E-state index in [0.717, 1.165) is 32.4 Å². The van der Waals surface area contributed by atoms with Crippen LogP contribution in [-0.2, 0) is 4.79 Å². The molecule has 2 heterocycles. The number of aliphatic hydroxyl groups excluding tert-OH is 1. The Morgan fingerprint density at radius 3 is 2.86 bits per heavy atom. The number of anilines is 1. The minimum Gasteiger partial charge on any atom is -0.489 e. The first-order valence-corrected chi connectivity index (χ1v) is 10.3. The van der Waals surface area contributed by atoms with Crippen LogP contribution in [0.3, 0.4) is 0 Å². The SMILES string of the molecule is CC(=O)CCCN1CC[C@@H](CNC(=O)c2cc(N)cc3c2OCCCO3)[C@H](O)C1. The van der Waals surface area contributed by atoms with Crippen LogP contribution < -0.4 is 20.5 Å². The molecule has 0 radical (unpaired) electrons. The van der Waals surface area contributed by atoms with E-state index in [1.807, 2.05) is 0 Å². The van der Waals surface area contributed by atoms with Crippen LogP contribution in [0.25, 0.3) is 0 Å². The average molecular weight is 405 g/mol. The van der Waals surface area contributed by atoms with Gasteiger partial charge in [0.25, 0.3) is 5.91 Å². The van der Waals surface area contributed by atoms with Gasteiger partial charge in [0.05, 0.1) is 24.9 Å². The van der Waals surface area contributed by atoms with E-state index in [0.29, 0.717) is 55.5 Å². The second-order valence-corrected chi connectivity index (χ2v) is 7.88. The van der Waals surface area contributed by atoms with Crippen LogP contribution in [0.1, 0.15) is 43.0 Å². The molecule has 0 saturated carbocycles. The van der Waals surface area contributed by atoms with Crippen LogP contribution in [0, 0.1) is 5.92 Å². The van der Waals surface area contributed by atoms with Gasteiger partial charge in [0.15, 0.2) is 11.5 Å². The molecule has 4 N–H and O–H groups in total. The monoisotopic (exact) mass is 405 g/mol. The highest BCUT2D eigenvalue weighted by atomic mass is 16.5. The molecule has 8 heteroatoms. The highest BCUT2D eigenvalue weighted by Gasteiger charge is 2.28. The normalized spacial score (nSPS) is 22.0. The molecular weight excluding hydrogens is 374 g/mol. The zero-order valence-corrected chi connectivity index (χ0v) is 17.0. The zero-order chi connectivity index (χ0) is 20.8. The summed E-state index contributed by atoms with van der Waals surface area (Å²) in [5, 5.41) is 13.4. The van der Waals surface area contributed by atoms with Gasteiger partial charge in [-0.1, -0.05) is 0 Å². The first kappa shape index (κ1) is 21.4. The summed E-state index contributed by atoms with van der Waals surface area (Å²) in [6.45, 7) is 5.20. The van der Waals surface area contributed by atoms with Crippen molar-refractivity contribution in [2.45, 2.75) is 38.7 Å². The third-order valence-corrected chi connectivity index (χ3v) is 5.45. The molecular formula is C21H31N3O5. The van der Waals surface area contributed by atoms with Crippen LogP contribution in [0.15, 0.2) is 12.1 Å². The van der Waals surface area contributed by atoms with Gasteiger partial charge in [-0.25, -0.2) is 0 Å². The summed E-state index contributed by atoms with van der Waals surface area (Å²) in [4.78, 5) is 26.0. The second kappa shape index (κ2) is 9.93. The van der Waals surface area contributed by atoms with Gasteiger partial charge in [-0.15, -0.1) is 0 Å². The number of piperidine rings is 1. The molecule has 160 valence electrons. The van der Waals surface area contributed by atoms with Crippen LogP contribution >= 0.6 is 0 Å². The van der Waals surface area contributed by atoms with E-state index < -0.39 is 6.10 Å². The number of carbonyl (C=O) groups excluding carboxylic acids is 2. The maximum Gasteiger partial charge on any atom is 0.255 e. The third kappa shape index (κ3) is 5.83. The number of Topliss-reactive ketones (excluding diaryl/α,β-unsaturated/α-hetero) is 1. The summed E-state index contributed by atoms with van der Waals surface area (Å²) in [6.07, 6.45) is 2.40. The maximum absolute atomic E-state index is 12.8. The van der Waals surface area contributed by atoms with E-state index in [4.69, 9.17) is 15.2 Å². The first-order valence-electron chi connectivity index (χ1n) is 10.3. The Morgan fingerprint density at radius 1 is 1.31 bits per heavy atom. The third-order valence-electron chi connectivity index (χ3n) is 5.45. The standard InChI is InChI=1S/C21H31N3O5/c1-14(25)4-2-6-24-7-5-15(18(26)13-24)12-23-21(27)17-10-16(22)11-19-20(17)29-9-3-8-28-19/h10-11,15,18,26H,2-9,12-13,22H2,1H3,(H,23,27)/t15-,18+/m0/s1. The fourth-order valence-electron chi connectivity index (χ4n) is 3.82. The van der Waals surface area contributed by atoms with E-state index in [9.17, 15) is 14.7 Å². The predicted molar refractivity (Wildman–Crippen MR) is 109 cm³/mol. The number of β-amino-alcohol motifs (C(OH)–C–C–N with tert-alkyl or cyclic N) is 1. The zero-order valence-electron chi connectivity index (χ0n) is 17.0. The van der Waals surface area contributed by atoms with Gasteiger partial charge in [-0.2, -0.15) is 0 Å². The maximum atomic E-state index is 12.8. The molecule has 2 atom stereocenters. The van der Waals surface area contributed by atoms with Crippen molar-refractivity contribution in [3.63, 3.8) is 0 Å². The van der Waals surface area contributed by atoms with Crippen molar-refractivity contribution in [2.75, 3.05) is 45.1 Å². The molecule has 2 aliphatic heterocycles. The topological polar surface area (TPSA) is 114 Å². The van der Waals surface area contributed by atoms with Gasteiger partial charge >= 0.3 is 0 Å². The molecule has 8 nitrogen and oxygen atoms in total. The van der Waals surface area contributed by atoms with Crippen LogP contribution in [-0.4, -0.2) is 67.2 Å². The van der Waals surface area contributed by atoms with Crippen molar-refractivity contribution in [1.29, 1.82) is 0 Å². The summed E-state index contributed by atoms with van der Waals surface area (Å²) >= 11 is 0. The van der Waals surface area contributed by atoms with Crippen LogP contribution in [0.4, 0.5) is 5.69 Å². The predicted octanol–water partition coefficient (Wildman–Crippen LogP) is 1.21. The highest BCUT2D eigenvalue weighted by molar-refractivity contribution is 5.98. The average Bonchev–Trinajstić information content (AvgIpc) is 2.91. The molecule has 0 spiro atoms. The lowest BCUT2D eigenvalue weighted by Crippen LogP contribution is -2.47. The van der Waals surface area contributed by atoms with Gasteiger partial charge in [0.2, 0.25) is 0 Å². The summed E-state index contributed by atoms with van der Waals surface area (Å²) < 4.78 is 11.4. The van der Waals surface area contributed by atoms with Crippen molar-refractivity contribution in [3.8, 4) is 11.5 Å². The first-order chi connectivity index (χ1) is 13.9. The second-order valence-electron chi connectivity index (χ2n) is 7.88. The summed E-state index contributed by atoms with van der Waals surface area (Å²) in [5.41, 5.74) is 6.73. The molecule has 29 heavy (non-hydrogen) atoms. The van der Waals surface area contributed by atoms with E-state index in [-0.39, 0.29) is 17.6 Å². The van der Waals surface area contributed by atoms with Gasteiger partial charge in [-0.3, -0.25) is 4.79 Å². The van der Waals surface area contributed by atoms with Gasteiger partial charge in [0, 0.05) is 43.6 Å². The fourth-order valence-corrected chi connectivity index (χ4v) is 3.82. The number of hydrogen-bond acceptors (Lipinski definition) is 7. The number of rotatable bonds is 7. The van der Waals surface area contributed by atoms with E-state index in [1.165, 1.54) is 0 Å². The molecule has 0 unspecified atom stereocenters. The number of benzene rings is 1. The Kier molecular flexibility index (Phi) is 7.33. The molecule has 1 aromatic carbocycles. The van der Waals surface area contributed by atoms with Gasteiger partial charge < -0.3 is 35.3 Å². The Balaban J connectivity index is 1.54.